The first kappa shape index (κ1) is 20.9. The van der Waals surface area contributed by atoms with E-state index in [4.69, 9.17) is 4.74 Å². The third kappa shape index (κ3) is 5.35. The first-order valence-corrected chi connectivity index (χ1v) is 11.1. The van der Waals surface area contributed by atoms with Crippen LogP contribution in [-0.2, 0) is 16.1 Å². The Morgan fingerprint density at radius 3 is 2.86 bits per heavy atom. The maximum absolute atomic E-state index is 12.3. The van der Waals surface area contributed by atoms with Crippen molar-refractivity contribution in [2.24, 2.45) is 5.92 Å². The van der Waals surface area contributed by atoms with Crippen LogP contribution in [-0.4, -0.2) is 58.2 Å². The summed E-state index contributed by atoms with van der Waals surface area (Å²) < 4.78 is 6.96. The second-order valence-electron chi connectivity index (χ2n) is 6.94. The molecular weight excluding hydrogens is 376 g/mol. The topological polar surface area (TPSA) is 94.0 Å². The van der Waals surface area contributed by atoms with Crippen LogP contribution in [0.4, 0.5) is 5.82 Å². The summed E-state index contributed by atoms with van der Waals surface area (Å²) in [6.45, 7) is 4.49. The number of amides is 1. The number of aromatic nitrogens is 4. The van der Waals surface area contributed by atoms with Gasteiger partial charge in [-0.05, 0) is 18.6 Å². The molecule has 2 aromatic rings. The minimum Gasteiger partial charge on any atom is -0.383 e. The van der Waals surface area contributed by atoms with Crippen LogP contribution in [0.1, 0.15) is 39.0 Å². The number of nitrogens with one attached hydrogen (secondary N) is 2. The Bertz CT molecular complexity index is 775. The Labute approximate surface area is 170 Å². The van der Waals surface area contributed by atoms with Crippen molar-refractivity contribution < 1.29 is 9.53 Å². The quantitative estimate of drug-likeness (QED) is 0.356. The fourth-order valence-corrected chi connectivity index (χ4v) is 4.06. The highest BCUT2D eigenvalue weighted by Crippen LogP contribution is 2.25. The molecule has 0 atom stereocenters. The fourth-order valence-electron chi connectivity index (χ4n) is 3.49. The van der Waals surface area contributed by atoms with Crippen LogP contribution in [0, 0.1) is 5.92 Å². The summed E-state index contributed by atoms with van der Waals surface area (Å²) in [6, 6.07) is 0. The molecule has 1 amide bonds. The van der Waals surface area contributed by atoms with Gasteiger partial charge in [0.1, 0.15) is 5.82 Å². The zero-order valence-corrected chi connectivity index (χ0v) is 17.6. The maximum Gasteiger partial charge on any atom is 0.223 e. The van der Waals surface area contributed by atoms with Crippen molar-refractivity contribution in [3.8, 4) is 0 Å². The molecule has 0 bridgehead atoms. The van der Waals surface area contributed by atoms with Crippen LogP contribution in [0.3, 0.4) is 0 Å². The van der Waals surface area contributed by atoms with Gasteiger partial charge in [0.05, 0.1) is 24.7 Å². The van der Waals surface area contributed by atoms with Crippen molar-refractivity contribution in [1.82, 2.24) is 25.1 Å². The van der Waals surface area contributed by atoms with Gasteiger partial charge in [0.25, 0.3) is 0 Å². The predicted molar refractivity (Wildman–Crippen MR) is 112 cm³/mol. The molecule has 2 heterocycles. The highest BCUT2D eigenvalue weighted by atomic mass is 32.2. The Hall–Kier alpha value is -1.87. The SMILES string of the molecule is CCSc1nc(NCCOC)c2cnn(CCNC(=O)C3CCCCC3)c2n1. The van der Waals surface area contributed by atoms with E-state index < -0.39 is 0 Å². The average molecular weight is 407 g/mol. The second kappa shape index (κ2) is 10.6. The minimum atomic E-state index is 0.176. The summed E-state index contributed by atoms with van der Waals surface area (Å²) in [5, 5.41) is 12.5. The summed E-state index contributed by atoms with van der Waals surface area (Å²) in [5.41, 5.74) is 0.790. The summed E-state index contributed by atoms with van der Waals surface area (Å²) in [4.78, 5) is 21.6. The average Bonchev–Trinajstić information content (AvgIpc) is 3.12. The van der Waals surface area contributed by atoms with Gasteiger partial charge in [-0.15, -0.1) is 0 Å². The van der Waals surface area contributed by atoms with Crippen LogP contribution in [0.15, 0.2) is 11.4 Å². The molecule has 0 aromatic carbocycles. The molecule has 0 aliphatic heterocycles. The molecule has 0 spiro atoms. The molecule has 1 aliphatic rings. The Kier molecular flexibility index (Phi) is 7.90. The number of rotatable bonds is 10. The van der Waals surface area contributed by atoms with Gasteiger partial charge >= 0.3 is 0 Å². The van der Waals surface area contributed by atoms with Crippen LogP contribution < -0.4 is 10.6 Å². The van der Waals surface area contributed by atoms with Crippen LogP contribution in [0.5, 0.6) is 0 Å². The Morgan fingerprint density at radius 2 is 2.11 bits per heavy atom. The van der Waals surface area contributed by atoms with E-state index in [0.29, 0.717) is 26.2 Å². The number of hydrogen-bond donors (Lipinski definition) is 2. The molecule has 28 heavy (non-hydrogen) atoms. The molecular formula is C19H30N6O2S. The van der Waals surface area contributed by atoms with Gasteiger partial charge in [-0.2, -0.15) is 5.10 Å². The smallest absolute Gasteiger partial charge is 0.223 e. The molecule has 154 valence electrons. The lowest BCUT2D eigenvalue weighted by Crippen LogP contribution is -2.34. The predicted octanol–water partition coefficient (Wildman–Crippen LogP) is 2.69. The third-order valence-corrected chi connectivity index (χ3v) is 5.68. The van der Waals surface area contributed by atoms with Gasteiger partial charge in [0, 0.05) is 26.1 Å². The minimum absolute atomic E-state index is 0.176. The van der Waals surface area contributed by atoms with Crippen molar-refractivity contribution in [3.05, 3.63) is 6.20 Å². The number of thioether (sulfide) groups is 1. The second-order valence-corrected chi connectivity index (χ2v) is 8.17. The van der Waals surface area contributed by atoms with Crippen molar-refractivity contribution in [1.29, 1.82) is 0 Å². The van der Waals surface area contributed by atoms with Crippen LogP contribution in [0.25, 0.3) is 11.0 Å². The van der Waals surface area contributed by atoms with E-state index in [1.807, 2.05) is 4.68 Å². The molecule has 2 N–H and O–H groups in total. The largest absolute Gasteiger partial charge is 0.383 e. The van der Waals surface area contributed by atoms with Crippen molar-refractivity contribution in [2.75, 3.05) is 37.9 Å². The molecule has 1 aliphatic carbocycles. The molecule has 2 aromatic heterocycles. The fraction of sp³-hybridized carbons (Fsp3) is 0.684. The zero-order chi connectivity index (χ0) is 19.8. The lowest BCUT2D eigenvalue weighted by atomic mass is 9.89. The lowest BCUT2D eigenvalue weighted by molar-refractivity contribution is -0.125. The van der Waals surface area contributed by atoms with E-state index in [1.165, 1.54) is 6.42 Å². The number of carbonyl (C=O) groups is 1. The summed E-state index contributed by atoms with van der Waals surface area (Å²) in [7, 11) is 1.68. The molecule has 1 saturated carbocycles. The molecule has 3 rings (SSSR count). The first-order chi connectivity index (χ1) is 13.7. The van der Waals surface area contributed by atoms with Gasteiger partial charge in [-0.1, -0.05) is 37.9 Å². The summed E-state index contributed by atoms with van der Waals surface area (Å²) >= 11 is 1.60. The van der Waals surface area contributed by atoms with Gasteiger partial charge < -0.3 is 15.4 Å². The molecule has 0 unspecified atom stereocenters. The van der Waals surface area contributed by atoms with Crippen LogP contribution >= 0.6 is 11.8 Å². The number of hydrogen-bond acceptors (Lipinski definition) is 7. The van der Waals surface area contributed by atoms with Gasteiger partial charge in [-0.25, -0.2) is 14.6 Å². The monoisotopic (exact) mass is 406 g/mol. The van der Waals surface area contributed by atoms with E-state index in [2.05, 4.69) is 32.6 Å². The molecule has 1 fully saturated rings. The van der Waals surface area contributed by atoms with Crippen molar-refractivity contribution in [3.63, 3.8) is 0 Å². The third-order valence-electron chi connectivity index (χ3n) is 4.95. The highest BCUT2D eigenvalue weighted by Gasteiger charge is 2.20. The number of ether oxygens (including phenoxy) is 1. The number of fused-ring (bicyclic) bond motifs is 1. The number of carbonyl (C=O) groups excluding carboxylic acids is 1. The Balaban J connectivity index is 1.67. The molecule has 0 radical (unpaired) electrons. The Morgan fingerprint density at radius 1 is 1.29 bits per heavy atom. The standard InChI is InChI=1S/C19H30N6O2S/c1-3-28-19-23-16(20-10-12-27-2)15-13-22-25(17(15)24-19)11-9-21-18(26)14-7-5-4-6-8-14/h13-14H,3-12H2,1-2H3,(H,21,26)(H,20,23,24). The summed E-state index contributed by atoms with van der Waals surface area (Å²) in [5.74, 6) is 2.02. The van der Waals surface area contributed by atoms with E-state index >= 15 is 0 Å². The molecule has 0 saturated heterocycles. The van der Waals surface area contributed by atoms with E-state index in [9.17, 15) is 4.79 Å². The summed E-state index contributed by atoms with van der Waals surface area (Å²) in [6.07, 6.45) is 7.39. The highest BCUT2D eigenvalue weighted by molar-refractivity contribution is 7.99. The number of methoxy groups -OCH3 is 1. The first-order valence-electron chi connectivity index (χ1n) is 10.1. The van der Waals surface area contributed by atoms with Crippen molar-refractivity contribution >= 4 is 34.5 Å². The van der Waals surface area contributed by atoms with E-state index in [-0.39, 0.29) is 11.8 Å². The van der Waals surface area contributed by atoms with E-state index in [1.54, 1.807) is 25.1 Å². The van der Waals surface area contributed by atoms with Gasteiger partial charge in [0.15, 0.2) is 10.8 Å². The molecule has 9 heteroatoms. The van der Waals surface area contributed by atoms with Gasteiger partial charge in [0.2, 0.25) is 5.91 Å². The number of nitrogens with zero attached hydrogens (tertiary/aromatic N) is 4. The maximum atomic E-state index is 12.3. The lowest BCUT2D eigenvalue weighted by Gasteiger charge is -2.20. The van der Waals surface area contributed by atoms with E-state index in [0.717, 1.165) is 53.4 Å². The van der Waals surface area contributed by atoms with Crippen LogP contribution in [0.2, 0.25) is 0 Å². The van der Waals surface area contributed by atoms with Crippen molar-refractivity contribution in [2.45, 2.75) is 50.7 Å². The molecule has 8 nitrogen and oxygen atoms in total. The van der Waals surface area contributed by atoms with Gasteiger partial charge in [-0.3, -0.25) is 4.79 Å². The number of anilines is 1. The zero-order valence-electron chi connectivity index (χ0n) is 16.7. The normalized spacial score (nSPS) is 15.1.